The summed E-state index contributed by atoms with van der Waals surface area (Å²) in [4.78, 5) is 17.2. The maximum absolute atomic E-state index is 12.7. The molecule has 3 rings (SSSR count). The highest BCUT2D eigenvalue weighted by Gasteiger charge is 2.36. The minimum atomic E-state index is -0.657. The highest BCUT2D eigenvalue weighted by molar-refractivity contribution is 5.82. The average Bonchev–Trinajstić information content (AvgIpc) is 3.07. The van der Waals surface area contributed by atoms with Gasteiger partial charge in [0.05, 0.1) is 24.3 Å². The van der Waals surface area contributed by atoms with Crippen LogP contribution in [0.15, 0.2) is 10.6 Å². The van der Waals surface area contributed by atoms with Crippen LogP contribution in [0, 0.1) is 18.3 Å². The highest BCUT2D eigenvalue weighted by atomic mass is 16.5. The van der Waals surface area contributed by atoms with Gasteiger partial charge >= 0.3 is 0 Å². The second-order valence-corrected chi connectivity index (χ2v) is 7.67. The van der Waals surface area contributed by atoms with Gasteiger partial charge in [0.25, 0.3) is 0 Å². The van der Waals surface area contributed by atoms with Crippen molar-refractivity contribution in [2.24, 2.45) is 0 Å². The summed E-state index contributed by atoms with van der Waals surface area (Å²) in [5.74, 6) is 0.864. The van der Waals surface area contributed by atoms with E-state index in [0.717, 1.165) is 76.3 Å². The number of carbonyl (C=O) groups excluding carboxylic acids is 1. The lowest BCUT2D eigenvalue weighted by Crippen LogP contribution is -2.58. The van der Waals surface area contributed by atoms with Gasteiger partial charge in [-0.3, -0.25) is 14.6 Å². The van der Waals surface area contributed by atoms with Crippen LogP contribution in [0.3, 0.4) is 0 Å². The molecule has 2 heterocycles. The number of nitrogens with one attached hydrogen (secondary N) is 1. The topological polar surface area (TPSA) is 85.4 Å². The molecule has 7 nitrogen and oxygen atoms in total. The molecule has 1 aromatic rings. The van der Waals surface area contributed by atoms with Crippen molar-refractivity contribution in [3.63, 3.8) is 0 Å². The van der Waals surface area contributed by atoms with Gasteiger partial charge in [-0.25, -0.2) is 0 Å². The van der Waals surface area contributed by atoms with Crippen LogP contribution in [-0.4, -0.2) is 58.6 Å². The Hall–Kier alpha value is -1.91. The lowest BCUT2D eigenvalue weighted by Gasteiger charge is -2.39. The zero-order valence-electron chi connectivity index (χ0n) is 15.8. The third kappa shape index (κ3) is 4.43. The number of nitriles is 1. The summed E-state index contributed by atoms with van der Waals surface area (Å²) in [6, 6.07) is 4.12. The zero-order valence-corrected chi connectivity index (χ0v) is 15.8. The molecule has 0 bridgehead atoms. The van der Waals surface area contributed by atoms with Crippen molar-refractivity contribution in [1.82, 2.24) is 20.3 Å². The van der Waals surface area contributed by atoms with Gasteiger partial charge in [0.1, 0.15) is 5.54 Å². The first kappa shape index (κ1) is 18.9. The molecular formula is C19H29N5O2. The van der Waals surface area contributed by atoms with Gasteiger partial charge in [-0.1, -0.05) is 24.4 Å². The summed E-state index contributed by atoms with van der Waals surface area (Å²) in [6.07, 6.45) is 4.73. The molecule has 2 aliphatic rings. The molecule has 2 fully saturated rings. The molecule has 1 aliphatic heterocycles. The molecule has 1 saturated heterocycles. The maximum Gasteiger partial charge on any atom is 0.238 e. The number of amides is 1. The van der Waals surface area contributed by atoms with Crippen LogP contribution in [0.1, 0.15) is 50.5 Å². The molecule has 26 heavy (non-hydrogen) atoms. The van der Waals surface area contributed by atoms with Gasteiger partial charge in [-0.15, -0.1) is 0 Å². The van der Waals surface area contributed by atoms with Crippen molar-refractivity contribution in [2.45, 2.75) is 64.1 Å². The second kappa shape index (κ2) is 8.19. The van der Waals surface area contributed by atoms with E-state index in [1.807, 2.05) is 19.9 Å². The van der Waals surface area contributed by atoms with Gasteiger partial charge in [-0.05, 0) is 26.7 Å². The fourth-order valence-corrected chi connectivity index (χ4v) is 3.95. The van der Waals surface area contributed by atoms with E-state index >= 15 is 0 Å². The van der Waals surface area contributed by atoms with Gasteiger partial charge in [0, 0.05) is 32.2 Å². The van der Waals surface area contributed by atoms with Crippen LogP contribution in [0.2, 0.25) is 0 Å². The third-order valence-corrected chi connectivity index (χ3v) is 5.67. The van der Waals surface area contributed by atoms with Crippen molar-refractivity contribution >= 4 is 5.91 Å². The van der Waals surface area contributed by atoms with E-state index in [1.165, 1.54) is 0 Å². The predicted molar refractivity (Wildman–Crippen MR) is 97.1 cm³/mol. The van der Waals surface area contributed by atoms with E-state index in [0.29, 0.717) is 0 Å². The minimum Gasteiger partial charge on any atom is -0.360 e. The fourth-order valence-electron chi connectivity index (χ4n) is 3.95. The Bertz CT molecular complexity index is 651. The summed E-state index contributed by atoms with van der Waals surface area (Å²) in [7, 11) is 0. The number of hydrogen-bond donors (Lipinski definition) is 1. The van der Waals surface area contributed by atoms with Crippen LogP contribution in [0.4, 0.5) is 0 Å². The molecular weight excluding hydrogens is 330 g/mol. The standard InChI is InChI=1S/C19H29N5O2/c1-15-12-17(26-22-15)13-23-8-10-24(11-9-23)16(2)18(25)21-19(14-20)6-4-3-5-7-19/h12,16H,3-11,13H2,1-2H3,(H,21,25). The number of carbonyl (C=O) groups is 1. The molecule has 7 heteroatoms. The smallest absolute Gasteiger partial charge is 0.238 e. The summed E-state index contributed by atoms with van der Waals surface area (Å²) in [5, 5.41) is 16.5. The van der Waals surface area contributed by atoms with Gasteiger partial charge < -0.3 is 9.84 Å². The van der Waals surface area contributed by atoms with E-state index in [1.54, 1.807) is 0 Å². The normalized spacial score (nSPS) is 22.5. The Balaban J connectivity index is 1.49. The van der Waals surface area contributed by atoms with E-state index < -0.39 is 5.54 Å². The first-order chi connectivity index (χ1) is 12.5. The fraction of sp³-hybridized carbons (Fsp3) is 0.737. The van der Waals surface area contributed by atoms with Crippen molar-refractivity contribution in [3.8, 4) is 6.07 Å². The molecule has 0 radical (unpaired) electrons. The molecule has 1 aromatic heterocycles. The molecule has 1 aliphatic carbocycles. The van der Waals surface area contributed by atoms with Crippen molar-refractivity contribution in [1.29, 1.82) is 5.26 Å². The lowest BCUT2D eigenvalue weighted by molar-refractivity contribution is -0.128. The van der Waals surface area contributed by atoms with Gasteiger partial charge in [0.15, 0.2) is 5.76 Å². The van der Waals surface area contributed by atoms with E-state index in [-0.39, 0.29) is 11.9 Å². The van der Waals surface area contributed by atoms with E-state index in [9.17, 15) is 10.1 Å². The highest BCUT2D eigenvalue weighted by Crippen LogP contribution is 2.27. The van der Waals surface area contributed by atoms with Crippen LogP contribution in [-0.2, 0) is 11.3 Å². The molecule has 0 aromatic carbocycles. The Labute approximate surface area is 155 Å². The molecule has 1 saturated carbocycles. The quantitative estimate of drug-likeness (QED) is 0.863. The predicted octanol–water partition coefficient (Wildman–Crippen LogP) is 1.83. The molecule has 1 unspecified atom stereocenters. The average molecular weight is 359 g/mol. The van der Waals surface area contributed by atoms with Crippen molar-refractivity contribution in [3.05, 3.63) is 17.5 Å². The molecule has 142 valence electrons. The largest absolute Gasteiger partial charge is 0.360 e. The number of hydrogen-bond acceptors (Lipinski definition) is 6. The Morgan fingerprint density at radius 3 is 2.62 bits per heavy atom. The minimum absolute atomic E-state index is 0.0206. The lowest BCUT2D eigenvalue weighted by atomic mass is 9.82. The Morgan fingerprint density at radius 2 is 2.04 bits per heavy atom. The van der Waals surface area contributed by atoms with E-state index in [4.69, 9.17) is 4.52 Å². The van der Waals surface area contributed by atoms with Crippen LogP contribution < -0.4 is 5.32 Å². The number of piperazine rings is 1. The molecule has 1 amide bonds. The summed E-state index contributed by atoms with van der Waals surface area (Å²) < 4.78 is 5.29. The van der Waals surface area contributed by atoms with E-state index in [2.05, 4.69) is 26.3 Å². The number of aryl methyl sites for hydroxylation is 1. The summed E-state index contributed by atoms with van der Waals surface area (Å²) >= 11 is 0. The first-order valence-electron chi connectivity index (χ1n) is 9.63. The van der Waals surface area contributed by atoms with Crippen molar-refractivity contribution in [2.75, 3.05) is 26.2 Å². The van der Waals surface area contributed by atoms with Crippen LogP contribution >= 0.6 is 0 Å². The SMILES string of the molecule is Cc1cc(CN2CCN(C(C)C(=O)NC3(C#N)CCCCC3)CC2)on1. The van der Waals surface area contributed by atoms with Crippen LogP contribution in [0.25, 0.3) is 0 Å². The number of aromatic nitrogens is 1. The molecule has 1 atom stereocenters. The maximum atomic E-state index is 12.7. The first-order valence-corrected chi connectivity index (χ1v) is 9.63. The number of nitrogens with zero attached hydrogens (tertiary/aromatic N) is 4. The molecule has 1 N–H and O–H groups in total. The van der Waals surface area contributed by atoms with Gasteiger partial charge in [-0.2, -0.15) is 5.26 Å². The van der Waals surface area contributed by atoms with Crippen molar-refractivity contribution < 1.29 is 9.32 Å². The monoisotopic (exact) mass is 359 g/mol. The third-order valence-electron chi connectivity index (χ3n) is 5.67. The summed E-state index contributed by atoms with van der Waals surface area (Å²) in [5.41, 5.74) is 0.244. The van der Waals surface area contributed by atoms with Gasteiger partial charge in [0.2, 0.25) is 5.91 Å². The molecule has 0 spiro atoms. The van der Waals surface area contributed by atoms with Crippen LogP contribution in [0.5, 0.6) is 0 Å². The zero-order chi connectivity index (χ0) is 18.6. The summed E-state index contributed by atoms with van der Waals surface area (Å²) in [6.45, 7) is 8.07. The Kier molecular flexibility index (Phi) is 5.94. The number of rotatable bonds is 5. The Morgan fingerprint density at radius 1 is 1.35 bits per heavy atom. The second-order valence-electron chi connectivity index (χ2n) is 7.67.